The van der Waals surface area contributed by atoms with Crippen molar-refractivity contribution in [2.75, 3.05) is 13.2 Å². The van der Waals surface area contributed by atoms with Crippen LogP contribution < -0.4 is 0 Å². The molecule has 0 radical (unpaired) electrons. The highest BCUT2D eigenvalue weighted by Gasteiger charge is 2.40. The Labute approximate surface area is 133 Å². The summed E-state index contributed by atoms with van der Waals surface area (Å²) >= 11 is 9.27. The summed E-state index contributed by atoms with van der Waals surface area (Å²) in [6.07, 6.45) is 7.33. The molecule has 2 rings (SSSR count). The van der Waals surface area contributed by atoms with Gasteiger partial charge in [-0.05, 0) is 38.5 Å². The average Bonchev–Trinajstić information content (AvgIpc) is 2.47. The molecular formula is C10H22O2S4Si2. The molecule has 0 spiro atoms. The van der Waals surface area contributed by atoms with Crippen LogP contribution in [-0.4, -0.2) is 39.7 Å². The zero-order valence-corrected chi connectivity index (χ0v) is 16.8. The van der Waals surface area contributed by atoms with Gasteiger partial charge in [-0.3, -0.25) is 0 Å². The van der Waals surface area contributed by atoms with E-state index in [2.05, 4.69) is 24.2 Å². The van der Waals surface area contributed by atoms with E-state index >= 15 is 0 Å². The molecular weight excluding hydrogens is 337 g/mol. The largest absolute Gasteiger partial charge is 0.367 e. The molecule has 2 aliphatic heterocycles. The number of hydrogen-bond donors (Lipinski definition) is 2. The Hall–Kier alpha value is 1.75. The fourth-order valence-electron chi connectivity index (χ4n) is 2.24. The van der Waals surface area contributed by atoms with Crippen molar-refractivity contribution in [1.82, 2.24) is 0 Å². The molecule has 0 aromatic rings. The average molecular weight is 359 g/mol. The second kappa shape index (κ2) is 7.67. The first-order chi connectivity index (χ1) is 8.74. The minimum atomic E-state index is -0.470. The standard InChI is InChI=1S/C10H22O2S4Si2/c13-17-9(5-1-3-7-11-9)15-16-10(18-14)6-2-4-8-12-10/h13-14H,1-8,17-18H2. The molecule has 0 amide bonds. The van der Waals surface area contributed by atoms with Crippen molar-refractivity contribution in [3.05, 3.63) is 0 Å². The lowest BCUT2D eigenvalue weighted by molar-refractivity contribution is 0.0413. The number of ether oxygens (including phenoxy) is 2. The molecule has 2 fully saturated rings. The lowest BCUT2D eigenvalue weighted by Crippen LogP contribution is -2.40. The summed E-state index contributed by atoms with van der Waals surface area (Å²) in [5.74, 6) is 0. The summed E-state index contributed by atoms with van der Waals surface area (Å²) in [6.45, 7) is 1.82. The van der Waals surface area contributed by atoms with E-state index in [1.165, 1.54) is 38.5 Å². The van der Waals surface area contributed by atoms with E-state index in [0.29, 0.717) is 0 Å². The van der Waals surface area contributed by atoms with Crippen LogP contribution in [0, 0.1) is 0 Å². The fraction of sp³-hybridized carbons (Fsp3) is 1.00. The summed E-state index contributed by atoms with van der Waals surface area (Å²) in [7, 11) is 2.89. The molecule has 2 atom stereocenters. The van der Waals surface area contributed by atoms with E-state index in [4.69, 9.17) is 9.47 Å². The Bertz CT molecular complexity index is 232. The quantitative estimate of drug-likeness (QED) is 0.445. The van der Waals surface area contributed by atoms with E-state index in [-0.39, 0.29) is 9.11 Å². The Balaban J connectivity index is 1.91. The molecule has 18 heavy (non-hydrogen) atoms. The molecule has 0 aliphatic carbocycles. The second-order valence-corrected chi connectivity index (χ2v) is 13.6. The van der Waals surface area contributed by atoms with Gasteiger partial charge in [0.15, 0.2) is 0 Å². The van der Waals surface area contributed by atoms with Crippen molar-refractivity contribution < 1.29 is 9.47 Å². The van der Waals surface area contributed by atoms with Gasteiger partial charge >= 0.3 is 0 Å². The van der Waals surface area contributed by atoms with E-state index in [0.717, 1.165) is 13.2 Å². The molecule has 2 aliphatic rings. The fourth-order valence-corrected chi connectivity index (χ4v) is 13.0. The van der Waals surface area contributed by atoms with Gasteiger partial charge in [-0.1, -0.05) is 21.6 Å². The first kappa shape index (κ1) is 16.1. The highest BCUT2D eigenvalue weighted by Crippen LogP contribution is 2.50. The van der Waals surface area contributed by atoms with Crippen molar-refractivity contribution >= 4 is 63.1 Å². The van der Waals surface area contributed by atoms with Crippen LogP contribution >= 0.6 is 45.7 Å². The topological polar surface area (TPSA) is 18.5 Å². The minimum absolute atomic E-state index is 0.0389. The summed E-state index contributed by atoms with van der Waals surface area (Å²) in [4.78, 5) is 0. The molecule has 0 N–H and O–H groups in total. The van der Waals surface area contributed by atoms with E-state index < -0.39 is 17.3 Å². The number of thiol groups is 2. The van der Waals surface area contributed by atoms with Crippen molar-refractivity contribution in [2.45, 2.75) is 47.6 Å². The highest BCUT2D eigenvalue weighted by molar-refractivity contribution is 8.78. The lowest BCUT2D eigenvalue weighted by Gasteiger charge is -2.40. The van der Waals surface area contributed by atoms with Gasteiger partial charge in [0.1, 0.15) is 26.5 Å². The van der Waals surface area contributed by atoms with Crippen LogP contribution in [-0.2, 0) is 9.47 Å². The van der Waals surface area contributed by atoms with Crippen LogP contribution in [0.4, 0.5) is 0 Å². The van der Waals surface area contributed by atoms with Gasteiger partial charge in [0.25, 0.3) is 0 Å². The Morgan fingerprint density at radius 1 is 0.778 bits per heavy atom. The van der Waals surface area contributed by atoms with Gasteiger partial charge in [-0.2, -0.15) is 0 Å². The third kappa shape index (κ3) is 4.13. The minimum Gasteiger partial charge on any atom is -0.367 e. The predicted molar refractivity (Wildman–Crippen MR) is 95.3 cm³/mol. The second-order valence-electron chi connectivity index (χ2n) is 4.92. The van der Waals surface area contributed by atoms with Crippen LogP contribution in [0.1, 0.15) is 38.5 Å². The van der Waals surface area contributed by atoms with Crippen LogP contribution in [0.15, 0.2) is 0 Å². The number of hydrogen-bond acceptors (Lipinski definition) is 6. The van der Waals surface area contributed by atoms with Gasteiger partial charge in [0.05, 0.1) is 0 Å². The van der Waals surface area contributed by atoms with Gasteiger partial charge in [-0.25, -0.2) is 24.2 Å². The summed E-state index contributed by atoms with van der Waals surface area (Å²) in [5.41, 5.74) is 0. The molecule has 0 saturated carbocycles. The SMILES string of the molecule is S[SiH2]C1(SSC2([SiH2]S)CCCCO2)CCCCO1. The van der Waals surface area contributed by atoms with Gasteiger partial charge in [0, 0.05) is 13.2 Å². The van der Waals surface area contributed by atoms with Gasteiger partial charge in [-0.15, -0.1) is 0 Å². The van der Waals surface area contributed by atoms with Crippen LogP contribution in [0.3, 0.4) is 0 Å². The maximum atomic E-state index is 6.06. The third-order valence-corrected chi connectivity index (χ3v) is 16.3. The molecule has 106 valence electrons. The first-order valence-electron chi connectivity index (χ1n) is 6.61. The summed E-state index contributed by atoms with van der Waals surface area (Å²) in [6, 6.07) is 0. The number of rotatable bonds is 5. The van der Waals surface area contributed by atoms with E-state index in [9.17, 15) is 0 Å². The van der Waals surface area contributed by atoms with Crippen LogP contribution in [0.5, 0.6) is 0 Å². The van der Waals surface area contributed by atoms with Crippen LogP contribution in [0.2, 0.25) is 0 Å². The zero-order chi connectivity index (χ0) is 12.9. The van der Waals surface area contributed by atoms with Gasteiger partial charge < -0.3 is 9.47 Å². The molecule has 2 saturated heterocycles. The Kier molecular flexibility index (Phi) is 6.88. The molecule has 0 aromatic heterocycles. The summed E-state index contributed by atoms with van der Waals surface area (Å²) in [5, 5.41) is 0. The molecule has 0 aromatic carbocycles. The van der Waals surface area contributed by atoms with E-state index in [1.807, 2.05) is 21.6 Å². The Morgan fingerprint density at radius 2 is 1.22 bits per heavy atom. The first-order valence-corrected chi connectivity index (χ1v) is 15.2. The molecule has 2 unspecified atom stereocenters. The lowest BCUT2D eigenvalue weighted by atomic mass is 10.2. The normalized spacial score (nSPS) is 39.0. The molecule has 0 bridgehead atoms. The Morgan fingerprint density at radius 3 is 1.50 bits per heavy atom. The molecule has 2 heterocycles. The third-order valence-electron chi connectivity index (χ3n) is 3.46. The predicted octanol–water partition coefficient (Wildman–Crippen LogP) is 2.10. The van der Waals surface area contributed by atoms with Crippen molar-refractivity contribution in [1.29, 1.82) is 0 Å². The van der Waals surface area contributed by atoms with Crippen LogP contribution in [0.25, 0.3) is 0 Å². The monoisotopic (exact) mass is 358 g/mol. The maximum Gasteiger partial charge on any atom is 0.132 e. The highest BCUT2D eigenvalue weighted by atomic mass is 33.1. The smallest absolute Gasteiger partial charge is 0.132 e. The zero-order valence-electron chi connectivity index (χ0n) is 10.6. The molecule has 8 heteroatoms. The van der Waals surface area contributed by atoms with E-state index in [1.54, 1.807) is 0 Å². The van der Waals surface area contributed by atoms with Gasteiger partial charge in [0.2, 0.25) is 0 Å². The summed E-state index contributed by atoms with van der Waals surface area (Å²) < 4.78 is 12.2. The van der Waals surface area contributed by atoms with Crippen molar-refractivity contribution in [3.63, 3.8) is 0 Å². The van der Waals surface area contributed by atoms with Crippen molar-refractivity contribution in [3.8, 4) is 0 Å². The maximum absolute atomic E-state index is 6.06. The molecule has 2 nitrogen and oxygen atoms in total. The van der Waals surface area contributed by atoms with Crippen molar-refractivity contribution in [2.24, 2.45) is 0 Å².